The largest absolute Gasteiger partial charge is 0.398 e. The maximum absolute atomic E-state index is 6.00. The van der Waals surface area contributed by atoms with Gasteiger partial charge < -0.3 is 5.73 Å². The van der Waals surface area contributed by atoms with Crippen molar-refractivity contribution in [3.05, 3.63) is 29.8 Å². The highest BCUT2D eigenvalue weighted by Crippen LogP contribution is 2.15. The molecule has 1 atom stereocenters. The van der Waals surface area contributed by atoms with Gasteiger partial charge in [-0.2, -0.15) is 0 Å². The number of hydrogen-bond donors (Lipinski definition) is 1. The van der Waals surface area contributed by atoms with E-state index >= 15 is 0 Å². The van der Waals surface area contributed by atoms with Crippen LogP contribution in [0.4, 0.5) is 5.69 Å². The minimum atomic E-state index is 0.756. The van der Waals surface area contributed by atoms with Gasteiger partial charge in [0.25, 0.3) is 0 Å². The average molecular weight is 234 g/mol. The molecule has 0 aromatic heterocycles. The summed E-state index contributed by atoms with van der Waals surface area (Å²) in [6, 6.07) is 8.19. The molecular formula is C15H26N2. The first-order valence-electron chi connectivity index (χ1n) is 6.73. The van der Waals surface area contributed by atoms with Gasteiger partial charge in [-0.3, -0.25) is 4.90 Å². The zero-order valence-corrected chi connectivity index (χ0v) is 11.4. The van der Waals surface area contributed by atoms with Crippen LogP contribution >= 0.6 is 0 Å². The van der Waals surface area contributed by atoms with Gasteiger partial charge in [-0.25, -0.2) is 0 Å². The number of benzene rings is 1. The first-order valence-corrected chi connectivity index (χ1v) is 6.73. The van der Waals surface area contributed by atoms with Gasteiger partial charge in [0.1, 0.15) is 0 Å². The number of nitrogens with two attached hydrogens (primary N) is 1. The smallest absolute Gasteiger partial charge is 0.0359 e. The van der Waals surface area contributed by atoms with Crippen molar-refractivity contribution in [1.29, 1.82) is 0 Å². The van der Waals surface area contributed by atoms with Crippen LogP contribution in [-0.4, -0.2) is 18.0 Å². The number of anilines is 1. The van der Waals surface area contributed by atoms with E-state index < -0.39 is 0 Å². The lowest BCUT2D eigenvalue weighted by atomic mass is 10.1. The van der Waals surface area contributed by atoms with Crippen LogP contribution in [0.3, 0.4) is 0 Å². The van der Waals surface area contributed by atoms with E-state index in [4.69, 9.17) is 5.73 Å². The van der Waals surface area contributed by atoms with Crippen LogP contribution in [-0.2, 0) is 6.54 Å². The van der Waals surface area contributed by atoms with Gasteiger partial charge in [-0.15, -0.1) is 0 Å². The molecule has 0 fully saturated rings. The third kappa shape index (κ3) is 4.78. The molecule has 0 radical (unpaired) electrons. The molecule has 1 rings (SSSR count). The van der Waals surface area contributed by atoms with E-state index in [1.165, 1.54) is 24.9 Å². The number of nitrogens with zero attached hydrogens (tertiary/aromatic N) is 1. The van der Waals surface area contributed by atoms with Gasteiger partial charge in [-0.1, -0.05) is 45.4 Å². The molecule has 0 aliphatic carbocycles. The van der Waals surface area contributed by atoms with Crippen molar-refractivity contribution in [3.63, 3.8) is 0 Å². The second kappa shape index (κ2) is 7.33. The molecule has 1 aromatic carbocycles. The van der Waals surface area contributed by atoms with Gasteiger partial charge in [0.05, 0.1) is 0 Å². The molecule has 2 heteroatoms. The van der Waals surface area contributed by atoms with Crippen LogP contribution in [0.1, 0.15) is 39.2 Å². The molecule has 0 heterocycles. The zero-order valence-electron chi connectivity index (χ0n) is 11.4. The summed E-state index contributed by atoms with van der Waals surface area (Å²) >= 11 is 0. The number of hydrogen-bond acceptors (Lipinski definition) is 2. The quantitative estimate of drug-likeness (QED) is 0.731. The molecule has 1 unspecified atom stereocenters. The molecule has 0 aliphatic heterocycles. The highest BCUT2D eigenvalue weighted by molar-refractivity contribution is 5.46. The summed E-state index contributed by atoms with van der Waals surface area (Å²) < 4.78 is 0. The first-order chi connectivity index (χ1) is 8.17. The molecule has 1 aromatic rings. The monoisotopic (exact) mass is 234 g/mol. The Labute approximate surface area is 106 Å². The molecule has 96 valence electrons. The SMILES string of the molecule is CCCN(Cc1ccccc1N)CC(C)CC. The fourth-order valence-electron chi connectivity index (χ4n) is 2.04. The fourth-order valence-corrected chi connectivity index (χ4v) is 2.04. The van der Waals surface area contributed by atoms with E-state index in [0.717, 1.165) is 24.7 Å². The number of para-hydroxylation sites is 1. The summed E-state index contributed by atoms with van der Waals surface area (Å²) in [6.45, 7) is 10.1. The van der Waals surface area contributed by atoms with Crippen LogP contribution in [0.25, 0.3) is 0 Å². The Balaban J connectivity index is 2.63. The van der Waals surface area contributed by atoms with E-state index in [1.807, 2.05) is 12.1 Å². The molecule has 17 heavy (non-hydrogen) atoms. The highest BCUT2D eigenvalue weighted by Gasteiger charge is 2.10. The van der Waals surface area contributed by atoms with Crippen molar-refractivity contribution >= 4 is 5.69 Å². The third-order valence-electron chi connectivity index (χ3n) is 3.26. The normalized spacial score (nSPS) is 12.9. The Kier molecular flexibility index (Phi) is 6.06. The predicted molar refractivity (Wildman–Crippen MR) is 75.9 cm³/mol. The van der Waals surface area contributed by atoms with Crippen molar-refractivity contribution < 1.29 is 0 Å². The van der Waals surface area contributed by atoms with Crippen molar-refractivity contribution in [1.82, 2.24) is 4.90 Å². The van der Waals surface area contributed by atoms with Crippen LogP contribution in [0.15, 0.2) is 24.3 Å². The van der Waals surface area contributed by atoms with Gasteiger partial charge in [0.15, 0.2) is 0 Å². The van der Waals surface area contributed by atoms with Crippen molar-refractivity contribution in [2.75, 3.05) is 18.8 Å². The predicted octanol–water partition coefficient (Wildman–Crippen LogP) is 3.53. The van der Waals surface area contributed by atoms with Gasteiger partial charge in [0.2, 0.25) is 0 Å². The topological polar surface area (TPSA) is 29.3 Å². The molecular weight excluding hydrogens is 208 g/mol. The summed E-state index contributed by atoms with van der Waals surface area (Å²) in [5.74, 6) is 0.756. The van der Waals surface area contributed by atoms with E-state index in [2.05, 4.69) is 37.8 Å². The first kappa shape index (κ1) is 14.0. The van der Waals surface area contributed by atoms with Gasteiger partial charge in [-0.05, 0) is 30.5 Å². The number of rotatable bonds is 7. The lowest BCUT2D eigenvalue weighted by Crippen LogP contribution is -2.29. The van der Waals surface area contributed by atoms with E-state index in [1.54, 1.807) is 0 Å². The fraction of sp³-hybridized carbons (Fsp3) is 0.600. The maximum Gasteiger partial charge on any atom is 0.0359 e. The Morgan fingerprint density at radius 3 is 2.53 bits per heavy atom. The van der Waals surface area contributed by atoms with E-state index in [-0.39, 0.29) is 0 Å². The van der Waals surface area contributed by atoms with E-state index in [0.29, 0.717) is 0 Å². The lowest BCUT2D eigenvalue weighted by molar-refractivity contribution is 0.227. The van der Waals surface area contributed by atoms with Crippen LogP contribution in [0.5, 0.6) is 0 Å². The molecule has 0 aliphatic rings. The average Bonchev–Trinajstić information content (AvgIpc) is 2.32. The van der Waals surface area contributed by atoms with Gasteiger partial charge in [0, 0.05) is 18.8 Å². The summed E-state index contributed by atoms with van der Waals surface area (Å²) in [5, 5.41) is 0. The zero-order chi connectivity index (χ0) is 12.7. The molecule has 0 saturated carbocycles. The van der Waals surface area contributed by atoms with Crippen LogP contribution < -0.4 is 5.73 Å². The molecule has 0 amide bonds. The Morgan fingerprint density at radius 2 is 1.94 bits per heavy atom. The van der Waals surface area contributed by atoms with Crippen LogP contribution in [0.2, 0.25) is 0 Å². The minimum Gasteiger partial charge on any atom is -0.398 e. The van der Waals surface area contributed by atoms with Crippen molar-refractivity contribution in [2.24, 2.45) is 5.92 Å². The minimum absolute atomic E-state index is 0.756. The summed E-state index contributed by atoms with van der Waals surface area (Å²) in [6.07, 6.45) is 2.44. The second-order valence-electron chi connectivity index (χ2n) is 4.95. The molecule has 2 nitrogen and oxygen atoms in total. The molecule has 0 bridgehead atoms. The van der Waals surface area contributed by atoms with Crippen LogP contribution in [0, 0.1) is 5.92 Å². The molecule has 0 spiro atoms. The summed E-state index contributed by atoms with van der Waals surface area (Å²) in [7, 11) is 0. The van der Waals surface area contributed by atoms with Crippen molar-refractivity contribution in [3.8, 4) is 0 Å². The second-order valence-corrected chi connectivity index (χ2v) is 4.95. The Bertz CT molecular complexity index is 322. The number of nitrogen functional groups attached to an aromatic ring is 1. The third-order valence-corrected chi connectivity index (χ3v) is 3.26. The molecule has 0 saturated heterocycles. The summed E-state index contributed by atoms with van der Waals surface area (Å²) in [5.41, 5.74) is 8.17. The maximum atomic E-state index is 6.00. The highest BCUT2D eigenvalue weighted by atomic mass is 15.1. The Morgan fingerprint density at radius 1 is 1.24 bits per heavy atom. The van der Waals surface area contributed by atoms with Crippen molar-refractivity contribution in [2.45, 2.75) is 40.2 Å². The summed E-state index contributed by atoms with van der Waals surface area (Å²) in [4.78, 5) is 2.51. The molecule has 2 N–H and O–H groups in total. The van der Waals surface area contributed by atoms with Gasteiger partial charge >= 0.3 is 0 Å². The van der Waals surface area contributed by atoms with E-state index in [9.17, 15) is 0 Å². The Hall–Kier alpha value is -1.02. The lowest BCUT2D eigenvalue weighted by Gasteiger charge is -2.25. The standard InChI is InChI=1S/C15H26N2/c1-4-10-17(11-13(3)5-2)12-14-8-6-7-9-15(14)16/h6-9,13H,4-5,10-12,16H2,1-3H3.